The fourth-order valence-corrected chi connectivity index (χ4v) is 1.03. The van der Waals surface area contributed by atoms with Gasteiger partial charge in [-0.05, 0) is 30.9 Å². The van der Waals surface area contributed by atoms with E-state index in [1.807, 2.05) is 13.0 Å². The molecule has 0 aliphatic heterocycles. The minimum atomic E-state index is -0.0104. The third-order valence-electron chi connectivity index (χ3n) is 1.64. The Morgan fingerprint density at radius 2 is 2.44 bits per heavy atom. The largest absolute Gasteiger partial charge is 0.207 e. The Bertz CT molecular complexity index is 154. The first kappa shape index (κ1) is 6.53. The lowest BCUT2D eigenvalue weighted by Gasteiger charge is -2.06. The van der Waals surface area contributed by atoms with Crippen molar-refractivity contribution >= 4 is 0 Å². The summed E-state index contributed by atoms with van der Waals surface area (Å²) in [6.45, 7) is 1.99. The summed E-state index contributed by atoms with van der Waals surface area (Å²) in [5.74, 6) is -0.0104. The monoisotopic (exact) mass is 126 g/mol. The Morgan fingerprint density at radius 3 is 2.89 bits per heavy atom. The number of hydrogen-bond acceptors (Lipinski definition) is 0. The molecule has 0 atom stereocenters. The van der Waals surface area contributed by atoms with Gasteiger partial charge in [0.25, 0.3) is 0 Å². The van der Waals surface area contributed by atoms with Crippen molar-refractivity contribution in [2.75, 3.05) is 0 Å². The maximum atomic E-state index is 12.6. The van der Waals surface area contributed by atoms with Gasteiger partial charge < -0.3 is 0 Å². The second kappa shape index (κ2) is 2.81. The first-order valence-corrected chi connectivity index (χ1v) is 3.38. The van der Waals surface area contributed by atoms with Crippen LogP contribution in [0, 0.1) is 0 Å². The highest BCUT2D eigenvalue weighted by Gasteiger charge is 2.03. The van der Waals surface area contributed by atoms with Crippen LogP contribution in [0.3, 0.4) is 0 Å². The molecule has 1 aliphatic carbocycles. The average molecular weight is 126 g/mol. The van der Waals surface area contributed by atoms with E-state index in [0.717, 1.165) is 24.8 Å². The van der Waals surface area contributed by atoms with Crippen LogP contribution in [0.2, 0.25) is 0 Å². The van der Waals surface area contributed by atoms with Crippen LogP contribution < -0.4 is 0 Å². The van der Waals surface area contributed by atoms with E-state index in [4.69, 9.17) is 0 Å². The summed E-state index contributed by atoms with van der Waals surface area (Å²) in [4.78, 5) is 0. The highest BCUT2D eigenvalue weighted by atomic mass is 19.1. The normalized spacial score (nSPS) is 18.9. The third kappa shape index (κ3) is 1.41. The molecule has 0 aromatic heterocycles. The van der Waals surface area contributed by atoms with E-state index in [0.29, 0.717) is 0 Å². The summed E-state index contributed by atoms with van der Waals surface area (Å²) in [7, 11) is 0. The van der Waals surface area contributed by atoms with Gasteiger partial charge in [-0.1, -0.05) is 13.0 Å². The van der Waals surface area contributed by atoms with Gasteiger partial charge in [0, 0.05) is 0 Å². The minimum absolute atomic E-state index is 0.0104. The van der Waals surface area contributed by atoms with E-state index >= 15 is 0 Å². The summed E-state index contributed by atoms with van der Waals surface area (Å²) in [6, 6.07) is 0. The van der Waals surface area contributed by atoms with E-state index in [-0.39, 0.29) is 5.83 Å². The van der Waals surface area contributed by atoms with Gasteiger partial charge in [-0.15, -0.1) is 0 Å². The molecule has 50 valence electrons. The molecule has 0 N–H and O–H groups in total. The summed E-state index contributed by atoms with van der Waals surface area (Å²) in [5, 5.41) is 0. The molecule has 0 saturated carbocycles. The Labute approximate surface area is 55.1 Å². The van der Waals surface area contributed by atoms with Crippen molar-refractivity contribution in [1.82, 2.24) is 0 Å². The second-order valence-electron chi connectivity index (χ2n) is 2.25. The molecule has 1 aliphatic rings. The van der Waals surface area contributed by atoms with E-state index in [1.54, 1.807) is 6.08 Å². The lowest BCUT2D eigenvalue weighted by molar-refractivity contribution is 0.627. The number of allylic oxidation sites excluding steroid dienone is 4. The molecule has 0 bridgehead atoms. The summed E-state index contributed by atoms with van der Waals surface area (Å²) >= 11 is 0. The molecule has 0 fully saturated rings. The highest BCUT2D eigenvalue weighted by Crippen LogP contribution is 2.21. The van der Waals surface area contributed by atoms with Gasteiger partial charge in [0.1, 0.15) is 5.83 Å². The smallest absolute Gasteiger partial charge is 0.122 e. The molecule has 0 saturated heterocycles. The van der Waals surface area contributed by atoms with E-state index in [1.165, 1.54) is 0 Å². The Kier molecular flexibility index (Phi) is 2.04. The zero-order valence-electron chi connectivity index (χ0n) is 5.65. The van der Waals surface area contributed by atoms with Crippen LogP contribution in [0.25, 0.3) is 0 Å². The first-order valence-electron chi connectivity index (χ1n) is 3.38. The lowest BCUT2D eigenvalue weighted by atomic mass is 10.0. The molecule has 1 heteroatoms. The van der Waals surface area contributed by atoms with Gasteiger partial charge in [-0.25, -0.2) is 4.39 Å². The van der Waals surface area contributed by atoms with Crippen LogP contribution in [-0.4, -0.2) is 0 Å². The summed E-state index contributed by atoms with van der Waals surface area (Å²) in [6.07, 6.45) is 6.24. The fraction of sp³-hybridized carbons (Fsp3) is 0.500. The predicted molar refractivity (Wildman–Crippen MR) is 36.8 cm³/mol. The van der Waals surface area contributed by atoms with Gasteiger partial charge >= 0.3 is 0 Å². The van der Waals surface area contributed by atoms with Crippen molar-refractivity contribution < 1.29 is 4.39 Å². The molecule has 0 amide bonds. The topological polar surface area (TPSA) is 0 Å². The molecular weight excluding hydrogens is 115 g/mol. The molecular formula is C8H11F. The summed E-state index contributed by atoms with van der Waals surface area (Å²) in [5.41, 5.74) is 0.970. The molecule has 0 spiro atoms. The SMILES string of the molecule is CCC1=C(F)C=CCC1. The van der Waals surface area contributed by atoms with Crippen LogP contribution in [0.4, 0.5) is 4.39 Å². The van der Waals surface area contributed by atoms with Crippen LogP contribution >= 0.6 is 0 Å². The van der Waals surface area contributed by atoms with Crippen molar-refractivity contribution in [3.05, 3.63) is 23.6 Å². The predicted octanol–water partition coefficient (Wildman–Crippen LogP) is 2.97. The molecule has 0 nitrogen and oxygen atoms in total. The van der Waals surface area contributed by atoms with Crippen molar-refractivity contribution in [2.45, 2.75) is 26.2 Å². The number of rotatable bonds is 1. The van der Waals surface area contributed by atoms with Crippen molar-refractivity contribution in [1.29, 1.82) is 0 Å². The van der Waals surface area contributed by atoms with Gasteiger partial charge in [0.05, 0.1) is 0 Å². The maximum Gasteiger partial charge on any atom is 0.122 e. The zero-order chi connectivity index (χ0) is 6.69. The lowest BCUT2D eigenvalue weighted by Crippen LogP contribution is -1.88. The van der Waals surface area contributed by atoms with E-state index in [9.17, 15) is 4.39 Å². The molecule has 1 rings (SSSR count). The third-order valence-corrected chi connectivity index (χ3v) is 1.64. The van der Waals surface area contributed by atoms with Gasteiger partial charge in [-0.2, -0.15) is 0 Å². The Hall–Kier alpha value is -0.590. The first-order chi connectivity index (χ1) is 4.34. The molecule has 0 heterocycles. The van der Waals surface area contributed by atoms with Gasteiger partial charge in [-0.3, -0.25) is 0 Å². The van der Waals surface area contributed by atoms with Crippen molar-refractivity contribution in [3.63, 3.8) is 0 Å². The van der Waals surface area contributed by atoms with Crippen LogP contribution in [0.1, 0.15) is 26.2 Å². The quantitative estimate of drug-likeness (QED) is 0.506. The van der Waals surface area contributed by atoms with E-state index < -0.39 is 0 Å². The molecule has 0 aromatic rings. The maximum absolute atomic E-state index is 12.6. The van der Waals surface area contributed by atoms with E-state index in [2.05, 4.69) is 0 Å². The van der Waals surface area contributed by atoms with Crippen LogP contribution in [0.5, 0.6) is 0 Å². The highest BCUT2D eigenvalue weighted by molar-refractivity contribution is 5.23. The molecule has 0 aromatic carbocycles. The molecule has 0 unspecified atom stereocenters. The fourth-order valence-electron chi connectivity index (χ4n) is 1.03. The van der Waals surface area contributed by atoms with Crippen LogP contribution in [-0.2, 0) is 0 Å². The second-order valence-corrected chi connectivity index (χ2v) is 2.25. The van der Waals surface area contributed by atoms with Gasteiger partial charge in [0.15, 0.2) is 0 Å². The molecule has 9 heavy (non-hydrogen) atoms. The standard InChI is InChI=1S/C8H11F/c1-2-7-5-3-4-6-8(7)9/h4,6H,2-3,5H2,1H3. The minimum Gasteiger partial charge on any atom is -0.207 e. The number of hydrogen-bond donors (Lipinski definition) is 0. The summed E-state index contributed by atoms with van der Waals surface area (Å²) < 4.78 is 12.6. The van der Waals surface area contributed by atoms with Crippen molar-refractivity contribution in [3.8, 4) is 0 Å². The Balaban J connectivity index is 2.72. The van der Waals surface area contributed by atoms with Crippen LogP contribution in [0.15, 0.2) is 23.6 Å². The van der Waals surface area contributed by atoms with Gasteiger partial charge in [0.2, 0.25) is 0 Å². The Morgan fingerprint density at radius 1 is 1.67 bits per heavy atom. The average Bonchev–Trinajstić information content (AvgIpc) is 1.89. The van der Waals surface area contributed by atoms with Crippen molar-refractivity contribution in [2.24, 2.45) is 0 Å². The molecule has 0 radical (unpaired) electrons. The number of halogens is 1. The zero-order valence-corrected chi connectivity index (χ0v) is 5.65.